The second kappa shape index (κ2) is 8.76. The van der Waals surface area contributed by atoms with Gasteiger partial charge in [-0.2, -0.15) is 5.26 Å². The molecular weight excluding hydrogens is 374 g/mol. The number of ether oxygens (including phenoxy) is 1. The summed E-state index contributed by atoms with van der Waals surface area (Å²) in [6.45, 7) is 1.92. The van der Waals surface area contributed by atoms with E-state index in [1.165, 1.54) is 0 Å². The second-order valence-corrected chi connectivity index (χ2v) is 7.43. The maximum absolute atomic E-state index is 9.57. The Bertz CT molecular complexity index is 1070. The predicted molar refractivity (Wildman–Crippen MR) is 117 cm³/mol. The topological polar surface area (TPSA) is 85.0 Å². The standard InChI is InChI=1S/C24H23N5O/c1-29-12-11-19(16-29)28-24-18(13-25)14-27-15-22(24)23(26)17-7-9-21(10-8-17)30-20-5-3-2-4-6-20/h2-10,14-15,19,26H,11-12,16H2,1H3,(H,27,28). The van der Waals surface area contributed by atoms with E-state index in [1.807, 2.05) is 54.6 Å². The first kappa shape index (κ1) is 19.6. The van der Waals surface area contributed by atoms with Crippen LogP contribution in [0.15, 0.2) is 67.0 Å². The lowest BCUT2D eigenvalue weighted by Gasteiger charge is -2.19. The highest BCUT2D eigenvalue weighted by Gasteiger charge is 2.23. The molecule has 0 spiro atoms. The normalized spacial score (nSPS) is 16.1. The minimum atomic E-state index is 0.248. The lowest BCUT2D eigenvalue weighted by molar-refractivity contribution is 0.414. The third-order valence-electron chi connectivity index (χ3n) is 5.20. The van der Waals surface area contributed by atoms with Gasteiger partial charge in [-0.05, 0) is 56.4 Å². The van der Waals surface area contributed by atoms with Crippen molar-refractivity contribution in [3.63, 3.8) is 0 Å². The number of hydrogen-bond donors (Lipinski definition) is 2. The zero-order valence-corrected chi connectivity index (χ0v) is 16.8. The van der Waals surface area contributed by atoms with Crippen molar-refractivity contribution in [2.24, 2.45) is 0 Å². The van der Waals surface area contributed by atoms with Crippen molar-refractivity contribution in [2.75, 3.05) is 25.5 Å². The SMILES string of the molecule is CN1CCC(Nc2c(C#N)cncc2C(=N)c2ccc(Oc3ccccc3)cc2)C1. The molecule has 2 aromatic carbocycles. The van der Waals surface area contributed by atoms with E-state index >= 15 is 0 Å². The highest BCUT2D eigenvalue weighted by Crippen LogP contribution is 2.27. The number of anilines is 1. The maximum atomic E-state index is 9.57. The number of benzene rings is 2. The van der Waals surface area contributed by atoms with Gasteiger partial charge in [0, 0.05) is 36.1 Å². The van der Waals surface area contributed by atoms with Gasteiger partial charge in [-0.15, -0.1) is 0 Å². The van der Waals surface area contributed by atoms with Crippen molar-refractivity contribution in [3.05, 3.63) is 83.7 Å². The summed E-state index contributed by atoms with van der Waals surface area (Å²) in [6.07, 6.45) is 4.20. The molecule has 2 N–H and O–H groups in total. The Morgan fingerprint density at radius 1 is 1.13 bits per heavy atom. The van der Waals surface area contributed by atoms with Crippen molar-refractivity contribution < 1.29 is 4.74 Å². The smallest absolute Gasteiger partial charge is 0.127 e. The lowest BCUT2D eigenvalue weighted by Crippen LogP contribution is -2.25. The molecule has 30 heavy (non-hydrogen) atoms. The molecule has 0 bridgehead atoms. The molecule has 1 fully saturated rings. The number of hydrogen-bond acceptors (Lipinski definition) is 6. The molecule has 0 aliphatic carbocycles. The summed E-state index contributed by atoms with van der Waals surface area (Å²) >= 11 is 0. The molecule has 0 amide bonds. The Labute approximate surface area is 176 Å². The van der Waals surface area contributed by atoms with Crippen LogP contribution in [-0.4, -0.2) is 41.8 Å². The fourth-order valence-corrected chi connectivity index (χ4v) is 3.62. The summed E-state index contributed by atoms with van der Waals surface area (Å²) < 4.78 is 5.83. The number of para-hydroxylation sites is 1. The van der Waals surface area contributed by atoms with Crippen LogP contribution in [-0.2, 0) is 0 Å². The first-order valence-electron chi connectivity index (χ1n) is 9.89. The van der Waals surface area contributed by atoms with Crippen LogP contribution >= 0.6 is 0 Å². The first-order valence-corrected chi connectivity index (χ1v) is 9.89. The van der Waals surface area contributed by atoms with Gasteiger partial charge in [-0.25, -0.2) is 0 Å². The Kier molecular flexibility index (Phi) is 5.73. The average molecular weight is 397 g/mol. The van der Waals surface area contributed by atoms with E-state index in [9.17, 15) is 5.26 Å². The molecule has 2 heterocycles. The molecule has 0 saturated carbocycles. The van der Waals surface area contributed by atoms with E-state index in [0.29, 0.717) is 28.3 Å². The van der Waals surface area contributed by atoms with Crippen molar-refractivity contribution in [1.82, 2.24) is 9.88 Å². The monoisotopic (exact) mass is 397 g/mol. The summed E-state index contributed by atoms with van der Waals surface area (Å²) in [4.78, 5) is 6.44. The van der Waals surface area contributed by atoms with E-state index in [0.717, 1.165) is 30.8 Å². The van der Waals surface area contributed by atoms with Gasteiger partial charge in [-0.1, -0.05) is 18.2 Å². The number of nitrogens with one attached hydrogen (secondary N) is 2. The van der Waals surface area contributed by atoms with Crippen LogP contribution in [0.5, 0.6) is 11.5 Å². The van der Waals surface area contributed by atoms with Crippen molar-refractivity contribution >= 4 is 11.4 Å². The van der Waals surface area contributed by atoms with Crippen LogP contribution in [0.1, 0.15) is 23.1 Å². The molecule has 1 saturated heterocycles. The molecule has 6 heteroatoms. The van der Waals surface area contributed by atoms with Crippen molar-refractivity contribution in [1.29, 1.82) is 10.7 Å². The van der Waals surface area contributed by atoms with Crippen LogP contribution in [0.3, 0.4) is 0 Å². The summed E-state index contributed by atoms with van der Waals surface area (Å²) in [6, 6.07) is 19.4. The molecule has 3 aromatic rings. The van der Waals surface area contributed by atoms with Gasteiger partial charge in [0.15, 0.2) is 0 Å². The zero-order chi connectivity index (χ0) is 20.9. The molecule has 4 rings (SSSR count). The van der Waals surface area contributed by atoms with Gasteiger partial charge >= 0.3 is 0 Å². The molecule has 1 atom stereocenters. The number of aromatic nitrogens is 1. The number of nitrogens with zero attached hydrogens (tertiary/aromatic N) is 3. The Hall–Kier alpha value is -3.69. The van der Waals surface area contributed by atoms with Gasteiger partial charge in [0.25, 0.3) is 0 Å². The van der Waals surface area contributed by atoms with Gasteiger partial charge in [0.05, 0.1) is 17.0 Å². The minimum absolute atomic E-state index is 0.248. The van der Waals surface area contributed by atoms with E-state index in [-0.39, 0.29) is 6.04 Å². The highest BCUT2D eigenvalue weighted by atomic mass is 16.5. The number of likely N-dealkylation sites (N-methyl/N-ethyl adjacent to an activating group) is 1. The fraction of sp³-hybridized carbons (Fsp3) is 0.208. The molecule has 1 aliphatic heterocycles. The predicted octanol–water partition coefficient (Wildman–Crippen LogP) is 4.28. The number of rotatable bonds is 6. The Balaban J connectivity index is 1.57. The highest BCUT2D eigenvalue weighted by molar-refractivity contribution is 6.14. The molecule has 6 nitrogen and oxygen atoms in total. The third kappa shape index (κ3) is 4.32. The quantitative estimate of drug-likeness (QED) is 0.607. The van der Waals surface area contributed by atoms with Crippen LogP contribution in [0.4, 0.5) is 5.69 Å². The summed E-state index contributed by atoms with van der Waals surface area (Å²) in [7, 11) is 2.08. The fourth-order valence-electron chi connectivity index (χ4n) is 3.62. The van der Waals surface area contributed by atoms with Gasteiger partial charge in [0.2, 0.25) is 0 Å². The molecule has 1 aromatic heterocycles. The molecule has 150 valence electrons. The number of pyridine rings is 1. The summed E-state index contributed by atoms with van der Waals surface area (Å²) in [5.41, 5.74) is 2.82. The van der Waals surface area contributed by atoms with Crippen LogP contribution < -0.4 is 10.1 Å². The van der Waals surface area contributed by atoms with Crippen LogP contribution in [0.25, 0.3) is 0 Å². The summed E-state index contributed by atoms with van der Waals surface area (Å²) in [5, 5.41) is 21.8. The van der Waals surface area contributed by atoms with E-state index < -0.39 is 0 Å². The lowest BCUT2D eigenvalue weighted by atomic mass is 10.00. The van der Waals surface area contributed by atoms with Crippen molar-refractivity contribution in [3.8, 4) is 17.6 Å². The third-order valence-corrected chi connectivity index (χ3v) is 5.20. The van der Waals surface area contributed by atoms with E-state index in [1.54, 1.807) is 12.4 Å². The molecule has 1 aliphatic rings. The summed E-state index contributed by atoms with van der Waals surface area (Å²) in [5.74, 6) is 1.47. The molecule has 0 radical (unpaired) electrons. The molecular formula is C24H23N5O. The Morgan fingerprint density at radius 2 is 1.87 bits per heavy atom. The van der Waals surface area contributed by atoms with Crippen LogP contribution in [0, 0.1) is 16.7 Å². The second-order valence-electron chi connectivity index (χ2n) is 7.43. The van der Waals surface area contributed by atoms with E-state index in [4.69, 9.17) is 10.1 Å². The largest absolute Gasteiger partial charge is 0.457 e. The first-order chi connectivity index (χ1) is 14.6. The van der Waals surface area contributed by atoms with Gasteiger partial charge in [-0.3, -0.25) is 10.4 Å². The Morgan fingerprint density at radius 3 is 2.53 bits per heavy atom. The molecule has 1 unspecified atom stereocenters. The van der Waals surface area contributed by atoms with Gasteiger partial charge < -0.3 is 15.0 Å². The minimum Gasteiger partial charge on any atom is -0.457 e. The average Bonchev–Trinajstić information content (AvgIpc) is 3.19. The van der Waals surface area contributed by atoms with Gasteiger partial charge in [0.1, 0.15) is 17.6 Å². The zero-order valence-electron chi connectivity index (χ0n) is 16.8. The van der Waals surface area contributed by atoms with Crippen molar-refractivity contribution in [2.45, 2.75) is 12.5 Å². The van der Waals surface area contributed by atoms with E-state index in [2.05, 4.69) is 28.3 Å². The maximum Gasteiger partial charge on any atom is 0.127 e. The number of likely N-dealkylation sites (tertiary alicyclic amines) is 1. The number of nitriles is 1. The van der Waals surface area contributed by atoms with Crippen LogP contribution in [0.2, 0.25) is 0 Å².